The predicted molar refractivity (Wildman–Crippen MR) is 63.2 cm³/mol. The zero-order valence-corrected chi connectivity index (χ0v) is 9.83. The van der Waals surface area contributed by atoms with Gasteiger partial charge in [0.1, 0.15) is 5.75 Å². The lowest BCUT2D eigenvalue weighted by Crippen LogP contribution is -2.22. The fourth-order valence-corrected chi connectivity index (χ4v) is 2.97. The molecule has 0 amide bonds. The molecule has 0 bridgehead atoms. The maximum atomic E-state index is 9.45. The van der Waals surface area contributed by atoms with Gasteiger partial charge < -0.3 is 5.11 Å². The van der Waals surface area contributed by atoms with E-state index in [2.05, 4.69) is 26.8 Å². The van der Waals surface area contributed by atoms with E-state index in [0.717, 1.165) is 18.3 Å². The Morgan fingerprint density at radius 3 is 2.73 bits per heavy atom. The summed E-state index contributed by atoms with van der Waals surface area (Å²) in [5, 5.41) is 9.45. The Morgan fingerprint density at radius 1 is 1.33 bits per heavy atom. The van der Waals surface area contributed by atoms with E-state index in [1.54, 1.807) is 0 Å². The van der Waals surface area contributed by atoms with Crippen LogP contribution in [-0.2, 0) is 6.42 Å². The van der Waals surface area contributed by atoms with Gasteiger partial charge >= 0.3 is 0 Å². The predicted octanol–water partition coefficient (Wildman–Crippen LogP) is 3.71. The minimum atomic E-state index is 0.406. The van der Waals surface area contributed by atoms with Gasteiger partial charge in [-0.05, 0) is 53.9 Å². The summed E-state index contributed by atoms with van der Waals surface area (Å²) in [4.78, 5) is 0. The molecule has 0 radical (unpaired) electrons. The summed E-state index contributed by atoms with van der Waals surface area (Å²) in [7, 11) is 0. The molecule has 1 aliphatic rings. The van der Waals surface area contributed by atoms with Crippen LogP contribution in [0.15, 0.2) is 18.2 Å². The minimum absolute atomic E-state index is 0.406. The van der Waals surface area contributed by atoms with Crippen LogP contribution in [0, 0.1) is 11.8 Å². The summed E-state index contributed by atoms with van der Waals surface area (Å²) < 4.78 is 0. The Labute approximate surface area is 92.1 Å². The smallest absolute Gasteiger partial charge is 0.115 e. The topological polar surface area (TPSA) is 20.2 Å². The van der Waals surface area contributed by atoms with Crippen molar-refractivity contribution in [3.05, 3.63) is 29.3 Å². The molecule has 1 nitrogen and oxygen atoms in total. The summed E-state index contributed by atoms with van der Waals surface area (Å²) in [6, 6.07) is 5.85. The Kier molecular flexibility index (Phi) is 2.72. The molecular weight excluding hydrogens is 184 g/mol. The molecule has 1 aromatic rings. The van der Waals surface area contributed by atoms with Crippen LogP contribution in [0.2, 0.25) is 0 Å². The molecule has 1 aliphatic carbocycles. The van der Waals surface area contributed by atoms with Crippen LogP contribution in [0.4, 0.5) is 0 Å². The van der Waals surface area contributed by atoms with Gasteiger partial charge in [0.2, 0.25) is 0 Å². The standard InChI is InChI=1S/C14H20O/c1-9(2)13-6-4-11-8-12(15)5-7-14(11)10(13)3/h5,7-10,13,15H,4,6H2,1-3H3. The highest BCUT2D eigenvalue weighted by atomic mass is 16.3. The lowest BCUT2D eigenvalue weighted by Gasteiger charge is -2.34. The molecule has 82 valence electrons. The molecule has 2 unspecified atom stereocenters. The van der Waals surface area contributed by atoms with E-state index < -0.39 is 0 Å². The van der Waals surface area contributed by atoms with Gasteiger partial charge in [0.05, 0.1) is 0 Å². The molecule has 0 spiro atoms. The van der Waals surface area contributed by atoms with Gasteiger partial charge in [-0.2, -0.15) is 0 Å². The first-order valence-electron chi connectivity index (χ1n) is 5.91. The maximum Gasteiger partial charge on any atom is 0.115 e. The van der Waals surface area contributed by atoms with Crippen LogP contribution in [0.1, 0.15) is 44.2 Å². The summed E-state index contributed by atoms with van der Waals surface area (Å²) in [6.45, 7) is 6.94. The van der Waals surface area contributed by atoms with E-state index in [4.69, 9.17) is 0 Å². The SMILES string of the molecule is CC(C)C1CCc2cc(O)ccc2C1C. The van der Waals surface area contributed by atoms with Crippen molar-refractivity contribution in [1.82, 2.24) is 0 Å². The van der Waals surface area contributed by atoms with E-state index in [0.29, 0.717) is 11.7 Å². The Balaban J connectivity index is 2.34. The average Bonchev–Trinajstić information content (AvgIpc) is 2.17. The first kappa shape index (κ1) is 10.5. The maximum absolute atomic E-state index is 9.45. The van der Waals surface area contributed by atoms with Crippen molar-refractivity contribution in [3.8, 4) is 5.75 Å². The van der Waals surface area contributed by atoms with E-state index in [-0.39, 0.29) is 0 Å². The van der Waals surface area contributed by atoms with E-state index >= 15 is 0 Å². The molecule has 0 aromatic heterocycles. The minimum Gasteiger partial charge on any atom is -0.508 e. The number of hydrogen-bond donors (Lipinski definition) is 1. The van der Waals surface area contributed by atoms with Crippen molar-refractivity contribution in [2.24, 2.45) is 11.8 Å². The van der Waals surface area contributed by atoms with Crippen LogP contribution in [0.3, 0.4) is 0 Å². The van der Waals surface area contributed by atoms with Gasteiger partial charge in [0, 0.05) is 0 Å². The largest absolute Gasteiger partial charge is 0.508 e. The zero-order valence-electron chi connectivity index (χ0n) is 9.83. The van der Waals surface area contributed by atoms with Crippen molar-refractivity contribution in [2.45, 2.75) is 39.5 Å². The van der Waals surface area contributed by atoms with Gasteiger partial charge in [0.25, 0.3) is 0 Å². The van der Waals surface area contributed by atoms with E-state index in [1.807, 2.05) is 12.1 Å². The fraction of sp³-hybridized carbons (Fsp3) is 0.571. The van der Waals surface area contributed by atoms with Gasteiger partial charge in [-0.1, -0.05) is 26.8 Å². The third-order valence-electron chi connectivity index (χ3n) is 3.86. The molecule has 2 atom stereocenters. The number of aromatic hydroxyl groups is 1. The lowest BCUT2D eigenvalue weighted by atomic mass is 9.71. The lowest BCUT2D eigenvalue weighted by molar-refractivity contribution is 0.294. The number of aryl methyl sites for hydroxylation is 1. The monoisotopic (exact) mass is 204 g/mol. The molecule has 0 saturated carbocycles. The summed E-state index contributed by atoms with van der Waals surface area (Å²) in [5.74, 6) is 2.59. The molecule has 1 N–H and O–H groups in total. The molecule has 0 fully saturated rings. The zero-order chi connectivity index (χ0) is 11.0. The second-order valence-corrected chi connectivity index (χ2v) is 5.12. The van der Waals surface area contributed by atoms with Crippen molar-refractivity contribution in [1.29, 1.82) is 0 Å². The summed E-state index contributed by atoms with van der Waals surface area (Å²) >= 11 is 0. The normalized spacial score (nSPS) is 25.3. The van der Waals surface area contributed by atoms with Crippen LogP contribution >= 0.6 is 0 Å². The molecular formula is C14H20O. The Hall–Kier alpha value is -0.980. The first-order chi connectivity index (χ1) is 7.09. The van der Waals surface area contributed by atoms with Crippen molar-refractivity contribution in [3.63, 3.8) is 0 Å². The highest BCUT2D eigenvalue weighted by Crippen LogP contribution is 2.40. The number of rotatable bonds is 1. The van der Waals surface area contributed by atoms with Gasteiger partial charge in [-0.25, -0.2) is 0 Å². The quantitative estimate of drug-likeness (QED) is 0.739. The number of hydrogen-bond acceptors (Lipinski definition) is 1. The molecule has 0 aliphatic heterocycles. The van der Waals surface area contributed by atoms with Crippen molar-refractivity contribution < 1.29 is 5.11 Å². The Morgan fingerprint density at radius 2 is 2.07 bits per heavy atom. The van der Waals surface area contributed by atoms with Gasteiger partial charge in [0.15, 0.2) is 0 Å². The molecule has 2 rings (SSSR count). The molecule has 15 heavy (non-hydrogen) atoms. The van der Waals surface area contributed by atoms with E-state index in [9.17, 15) is 5.11 Å². The van der Waals surface area contributed by atoms with E-state index in [1.165, 1.54) is 17.5 Å². The number of fused-ring (bicyclic) bond motifs is 1. The second kappa shape index (κ2) is 3.88. The summed E-state index contributed by atoms with van der Waals surface area (Å²) in [5.41, 5.74) is 2.79. The second-order valence-electron chi connectivity index (χ2n) is 5.12. The van der Waals surface area contributed by atoms with Crippen LogP contribution in [0.5, 0.6) is 5.75 Å². The van der Waals surface area contributed by atoms with Crippen LogP contribution in [-0.4, -0.2) is 5.11 Å². The fourth-order valence-electron chi connectivity index (χ4n) is 2.97. The first-order valence-corrected chi connectivity index (χ1v) is 5.91. The highest BCUT2D eigenvalue weighted by Gasteiger charge is 2.28. The molecule has 1 aromatic carbocycles. The number of phenols is 1. The van der Waals surface area contributed by atoms with Crippen molar-refractivity contribution >= 4 is 0 Å². The number of benzene rings is 1. The van der Waals surface area contributed by atoms with Crippen molar-refractivity contribution in [2.75, 3.05) is 0 Å². The van der Waals surface area contributed by atoms with Gasteiger partial charge in [-0.15, -0.1) is 0 Å². The van der Waals surface area contributed by atoms with Crippen LogP contribution in [0.25, 0.3) is 0 Å². The molecule has 0 heterocycles. The summed E-state index contributed by atoms with van der Waals surface area (Å²) in [6.07, 6.45) is 2.38. The Bertz CT molecular complexity index is 354. The third-order valence-corrected chi connectivity index (χ3v) is 3.86. The van der Waals surface area contributed by atoms with Gasteiger partial charge in [-0.3, -0.25) is 0 Å². The number of phenolic OH excluding ortho intramolecular Hbond substituents is 1. The van der Waals surface area contributed by atoms with Crippen LogP contribution < -0.4 is 0 Å². The highest BCUT2D eigenvalue weighted by molar-refractivity contribution is 5.38. The molecule has 0 saturated heterocycles. The average molecular weight is 204 g/mol. The third kappa shape index (κ3) is 1.88. The molecule has 1 heteroatoms.